The van der Waals surface area contributed by atoms with Gasteiger partial charge in [-0.3, -0.25) is 14.5 Å². The number of carbonyl (C=O) groups excluding carboxylic acids is 1. The minimum absolute atomic E-state index is 0.0302. The van der Waals surface area contributed by atoms with Crippen LogP contribution in [-0.4, -0.2) is 72.7 Å². The monoisotopic (exact) mass is 372 g/mol. The molecule has 1 aromatic carbocycles. The Hall–Kier alpha value is -1.92. The van der Waals surface area contributed by atoms with Crippen molar-refractivity contribution < 1.29 is 19.4 Å². The topological polar surface area (TPSA) is 70.1 Å². The lowest BCUT2D eigenvalue weighted by Gasteiger charge is -2.38. The van der Waals surface area contributed by atoms with Crippen LogP contribution in [0.1, 0.15) is 30.7 Å². The molecule has 0 bridgehead atoms. The van der Waals surface area contributed by atoms with Gasteiger partial charge < -0.3 is 14.7 Å². The molecule has 0 aromatic heterocycles. The molecule has 1 N–H and O–H groups in total. The molecule has 3 fully saturated rings. The molecule has 2 heterocycles. The van der Waals surface area contributed by atoms with Gasteiger partial charge in [0.05, 0.1) is 25.2 Å². The Balaban J connectivity index is 1.46. The number of benzene rings is 1. The molecule has 4 rings (SSSR count). The van der Waals surface area contributed by atoms with Gasteiger partial charge in [0.2, 0.25) is 5.91 Å². The highest BCUT2D eigenvalue weighted by atomic mass is 16.5. The van der Waals surface area contributed by atoms with E-state index in [1.807, 2.05) is 23.1 Å². The lowest BCUT2D eigenvalue weighted by Crippen LogP contribution is -2.45. The molecule has 2 saturated heterocycles. The molecule has 1 aromatic rings. The fourth-order valence-corrected chi connectivity index (χ4v) is 5.07. The molecule has 1 amide bonds. The van der Waals surface area contributed by atoms with Crippen LogP contribution in [0.25, 0.3) is 0 Å². The zero-order valence-electron chi connectivity index (χ0n) is 15.7. The van der Waals surface area contributed by atoms with Gasteiger partial charge in [-0.2, -0.15) is 0 Å². The second-order valence-corrected chi connectivity index (χ2v) is 8.20. The van der Waals surface area contributed by atoms with Crippen LogP contribution in [-0.2, 0) is 14.3 Å². The Morgan fingerprint density at radius 1 is 1.19 bits per heavy atom. The summed E-state index contributed by atoms with van der Waals surface area (Å²) < 4.78 is 5.34. The maximum Gasteiger partial charge on any atom is 0.311 e. The van der Waals surface area contributed by atoms with E-state index in [2.05, 4.69) is 17.0 Å². The van der Waals surface area contributed by atoms with E-state index < -0.39 is 11.4 Å². The van der Waals surface area contributed by atoms with Crippen molar-refractivity contribution in [1.82, 2.24) is 9.80 Å². The Kier molecular flexibility index (Phi) is 5.19. The van der Waals surface area contributed by atoms with Crippen molar-refractivity contribution in [1.29, 1.82) is 0 Å². The average molecular weight is 372 g/mol. The van der Waals surface area contributed by atoms with Crippen molar-refractivity contribution in [2.45, 2.75) is 25.2 Å². The predicted molar refractivity (Wildman–Crippen MR) is 100 cm³/mol. The number of hydrogen-bond acceptors (Lipinski definition) is 4. The molecule has 3 aliphatic rings. The molecule has 146 valence electrons. The standard InChI is InChI=1S/C21H28N2O4/c24-19(14-22-8-10-27-11-9-22)23-13-18-12-17(16-4-2-1-3-5-16)6-7-21(18,15-23)20(25)26/h1-5,17-18H,6-15H2,(H,25,26)/t17-,18-,21-/m0/s1. The minimum Gasteiger partial charge on any atom is -0.481 e. The molecular formula is C21H28N2O4. The second-order valence-electron chi connectivity index (χ2n) is 8.20. The number of aliphatic carboxylic acids is 1. The molecule has 0 radical (unpaired) electrons. The van der Waals surface area contributed by atoms with Gasteiger partial charge in [-0.15, -0.1) is 0 Å². The van der Waals surface area contributed by atoms with E-state index in [-0.39, 0.29) is 11.8 Å². The van der Waals surface area contributed by atoms with Gasteiger partial charge in [0, 0.05) is 26.2 Å². The number of carboxylic acids is 1. The third-order valence-corrected chi connectivity index (χ3v) is 6.72. The van der Waals surface area contributed by atoms with E-state index in [1.54, 1.807) is 0 Å². The van der Waals surface area contributed by atoms with Gasteiger partial charge in [0.15, 0.2) is 0 Å². The molecule has 6 heteroatoms. The largest absolute Gasteiger partial charge is 0.481 e. The van der Waals surface area contributed by atoms with Crippen molar-refractivity contribution in [3.8, 4) is 0 Å². The molecule has 1 saturated carbocycles. The maximum atomic E-state index is 12.8. The van der Waals surface area contributed by atoms with Crippen molar-refractivity contribution in [2.75, 3.05) is 45.9 Å². The highest BCUT2D eigenvalue weighted by Gasteiger charge is 2.55. The highest BCUT2D eigenvalue weighted by molar-refractivity contribution is 5.82. The van der Waals surface area contributed by atoms with Gasteiger partial charge in [0.1, 0.15) is 0 Å². The molecule has 3 atom stereocenters. The Bertz CT molecular complexity index is 689. The van der Waals surface area contributed by atoms with E-state index >= 15 is 0 Å². The number of carboxylic acid groups (broad SMARTS) is 1. The number of rotatable bonds is 4. The molecule has 27 heavy (non-hydrogen) atoms. The van der Waals surface area contributed by atoms with Crippen LogP contribution in [0.2, 0.25) is 0 Å². The van der Waals surface area contributed by atoms with E-state index in [1.165, 1.54) is 5.56 Å². The van der Waals surface area contributed by atoms with Crippen molar-refractivity contribution >= 4 is 11.9 Å². The fraction of sp³-hybridized carbons (Fsp3) is 0.619. The number of nitrogens with zero attached hydrogens (tertiary/aromatic N) is 2. The second kappa shape index (κ2) is 7.60. The summed E-state index contributed by atoms with van der Waals surface area (Å²) in [6, 6.07) is 10.4. The van der Waals surface area contributed by atoms with Gasteiger partial charge in [0.25, 0.3) is 0 Å². The first kappa shape index (κ1) is 18.4. The molecule has 0 spiro atoms. The summed E-state index contributed by atoms with van der Waals surface area (Å²) >= 11 is 0. The zero-order chi connectivity index (χ0) is 18.9. The normalized spacial score (nSPS) is 31.5. The summed E-state index contributed by atoms with van der Waals surface area (Å²) in [5.41, 5.74) is 0.515. The number of hydrogen-bond donors (Lipinski definition) is 1. The number of carbonyl (C=O) groups is 2. The Morgan fingerprint density at radius 3 is 2.63 bits per heavy atom. The smallest absolute Gasteiger partial charge is 0.311 e. The molecular weight excluding hydrogens is 344 g/mol. The Labute approximate surface area is 160 Å². The molecule has 0 unspecified atom stereocenters. The summed E-state index contributed by atoms with van der Waals surface area (Å²) in [6.07, 6.45) is 2.36. The first-order chi connectivity index (χ1) is 13.1. The lowest BCUT2D eigenvalue weighted by molar-refractivity contribution is -0.153. The van der Waals surface area contributed by atoms with E-state index in [0.29, 0.717) is 45.2 Å². The van der Waals surface area contributed by atoms with Crippen LogP contribution in [0.3, 0.4) is 0 Å². The zero-order valence-corrected chi connectivity index (χ0v) is 15.7. The van der Waals surface area contributed by atoms with Crippen LogP contribution in [0.5, 0.6) is 0 Å². The van der Waals surface area contributed by atoms with Crippen LogP contribution in [0.15, 0.2) is 30.3 Å². The number of fused-ring (bicyclic) bond motifs is 1. The van der Waals surface area contributed by atoms with Crippen LogP contribution in [0.4, 0.5) is 0 Å². The summed E-state index contributed by atoms with van der Waals surface area (Å²) in [5.74, 6) is -0.260. The van der Waals surface area contributed by atoms with Gasteiger partial charge in [-0.25, -0.2) is 0 Å². The summed E-state index contributed by atoms with van der Waals surface area (Å²) in [5, 5.41) is 10.0. The number of likely N-dealkylation sites (tertiary alicyclic amines) is 1. The quantitative estimate of drug-likeness (QED) is 0.873. The van der Waals surface area contributed by atoms with E-state index in [9.17, 15) is 14.7 Å². The van der Waals surface area contributed by atoms with E-state index in [4.69, 9.17) is 4.74 Å². The summed E-state index contributed by atoms with van der Waals surface area (Å²) in [6.45, 7) is 4.15. The summed E-state index contributed by atoms with van der Waals surface area (Å²) in [7, 11) is 0. The van der Waals surface area contributed by atoms with Crippen molar-refractivity contribution in [3.63, 3.8) is 0 Å². The van der Waals surface area contributed by atoms with Gasteiger partial charge in [-0.05, 0) is 36.7 Å². The molecule has 6 nitrogen and oxygen atoms in total. The van der Waals surface area contributed by atoms with E-state index in [0.717, 1.165) is 25.9 Å². The van der Waals surface area contributed by atoms with Crippen molar-refractivity contribution in [2.24, 2.45) is 11.3 Å². The first-order valence-corrected chi connectivity index (χ1v) is 9.95. The highest BCUT2D eigenvalue weighted by Crippen LogP contribution is 2.51. The van der Waals surface area contributed by atoms with Crippen LogP contribution >= 0.6 is 0 Å². The lowest BCUT2D eigenvalue weighted by atomic mass is 9.64. The predicted octanol–water partition coefficient (Wildman–Crippen LogP) is 1.82. The average Bonchev–Trinajstić information content (AvgIpc) is 3.10. The third-order valence-electron chi connectivity index (χ3n) is 6.72. The van der Waals surface area contributed by atoms with Crippen LogP contribution in [0, 0.1) is 11.3 Å². The number of amides is 1. The number of ether oxygens (including phenoxy) is 1. The Morgan fingerprint density at radius 2 is 1.93 bits per heavy atom. The van der Waals surface area contributed by atoms with Gasteiger partial charge >= 0.3 is 5.97 Å². The first-order valence-electron chi connectivity index (χ1n) is 9.95. The summed E-state index contributed by atoms with van der Waals surface area (Å²) in [4.78, 5) is 28.9. The maximum absolute atomic E-state index is 12.8. The third kappa shape index (κ3) is 3.60. The SMILES string of the molecule is O=C(CN1CCOCC1)N1C[C@@H]2C[C@@H](c3ccccc3)CC[C@]2(C(=O)O)C1. The van der Waals surface area contributed by atoms with Gasteiger partial charge in [-0.1, -0.05) is 30.3 Å². The van der Waals surface area contributed by atoms with Crippen LogP contribution < -0.4 is 0 Å². The fourth-order valence-electron chi connectivity index (χ4n) is 5.07. The van der Waals surface area contributed by atoms with Crippen molar-refractivity contribution in [3.05, 3.63) is 35.9 Å². The number of morpholine rings is 1. The minimum atomic E-state index is -0.772. The molecule has 2 aliphatic heterocycles. The molecule has 1 aliphatic carbocycles.